The molecule has 0 radical (unpaired) electrons. The van der Waals surface area contributed by atoms with Gasteiger partial charge in [0.15, 0.2) is 0 Å². The van der Waals surface area contributed by atoms with E-state index in [4.69, 9.17) is 4.42 Å². The molecular formula is C18H21NO3. The molecule has 2 rings (SSSR count). The number of hydrogen-bond acceptors (Lipinski definition) is 3. The Bertz CT molecular complexity index is 669. The van der Waals surface area contributed by atoms with Crippen LogP contribution in [0.4, 0.5) is 0 Å². The number of nitrogens with one attached hydrogen (secondary N) is 1. The van der Waals surface area contributed by atoms with Gasteiger partial charge in [-0.3, -0.25) is 4.79 Å². The zero-order chi connectivity index (χ0) is 16.2. The van der Waals surface area contributed by atoms with E-state index in [1.807, 2.05) is 37.3 Å². The third-order valence-corrected chi connectivity index (χ3v) is 3.45. The summed E-state index contributed by atoms with van der Waals surface area (Å²) in [5, 5.41) is 13.2. The number of rotatable bonds is 5. The number of carbonyl (C=O) groups excluding carboxylic acids is 1. The predicted octanol–water partition coefficient (Wildman–Crippen LogP) is 2.93. The van der Waals surface area contributed by atoms with Gasteiger partial charge in [0.05, 0.1) is 6.54 Å². The first-order valence-electron chi connectivity index (χ1n) is 7.19. The van der Waals surface area contributed by atoms with E-state index in [0.717, 1.165) is 11.3 Å². The Morgan fingerprint density at radius 2 is 2.00 bits per heavy atom. The Hall–Kier alpha value is -2.33. The minimum Gasteiger partial charge on any atom is -0.466 e. The van der Waals surface area contributed by atoms with E-state index in [0.29, 0.717) is 11.3 Å². The van der Waals surface area contributed by atoms with Gasteiger partial charge in [-0.2, -0.15) is 0 Å². The molecule has 1 heterocycles. The molecule has 4 nitrogen and oxygen atoms in total. The minimum absolute atomic E-state index is 0.116. The highest BCUT2D eigenvalue weighted by atomic mass is 16.3. The van der Waals surface area contributed by atoms with Gasteiger partial charge in [0.25, 0.3) is 0 Å². The number of hydrogen-bond donors (Lipinski definition) is 2. The van der Waals surface area contributed by atoms with Crippen LogP contribution in [0.25, 0.3) is 6.08 Å². The molecule has 1 aromatic heterocycles. The number of furan rings is 1. The first-order chi connectivity index (χ1) is 10.4. The average molecular weight is 299 g/mol. The van der Waals surface area contributed by atoms with Crippen LogP contribution in [0, 0.1) is 13.8 Å². The van der Waals surface area contributed by atoms with Gasteiger partial charge in [0.2, 0.25) is 5.91 Å². The molecule has 0 aliphatic carbocycles. The third-order valence-electron chi connectivity index (χ3n) is 3.45. The molecule has 1 atom stereocenters. The van der Waals surface area contributed by atoms with Crippen LogP contribution in [0.1, 0.15) is 29.6 Å². The van der Waals surface area contributed by atoms with Gasteiger partial charge < -0.3 is 14.8 Å². The minimum atomic E-state index is -1.17. The molecule has 1 amide bonds. The highest BCUT2D eigenvalue weighted by molar-refractivity contribution is 5.91. The van der Waals surface area contributed by atoms with Crippen molar-refractivity contribution in [2.45, 2.75) is 26.4 Å². The van der Waals surface area contributed by atoms with Gasteiger partial charge in [-0.05, 0) is 38.5 Å². The molecule has 0 saturated carbocycles. The Balaban J connectivity index is 1.95. The molecule has 0 fully saturated rings. The van der Waals surface area contributed by atoms with Crippen LogP contribution in [0.15, 0.2) is 46.9 Å². The van der Waals surface area contributed by atoms with Crippen LogP contribution in [0.5, 0.6) is 0 Å². The number of carbonyl (C=O) groups is 1. The van der Waals surface area contributed by atoms with E-state index in [2.05, 4.69) is 5.32 Å². The van der Waals surface area contributed by atoms with Crippen molar-refractivity contribution in [3.05, 3.63) is 65.1 Å². The largest absolute Gasteiger partial charge is 0.466 e. The lowest BCUT2D eigenvalue weighted by Gasteiger charge is -2.22. The summed E-state index contributed by atoms with van der Waals surface area (Å²) in [5.74, 6) is 1.15. The lowest BCUT2D eigenvalue weighted by atomic mass is 9.96. The molecule has 1 aromatic carbocycles. The summed E-state index contributed by atoms with van der Waals surface area (Å²) >= 11 is 0. The fourth-order valence-corrected chi connectivity index (χ4v) is 2.31. The topological polar surface area (TPSA) is 62.5 Å². The van der Waals surface area contributed by atoms with Gasteiger partial charge in [-0.1, -0.05) is 30.3 Å². The zero-order valence-corrected chi connectivity index (χ0v) is 13.1. The van der Waals surface area contributed by atoms with Crippen molar-refractivity contribution < 1.29 is 14.3 Å². The first kappa shape index (κ1) is 16.0. The third kappa shape index (κ3) is 4.09. The standard InChI is InChI=1S/C18H21NO3/c1-13-11-16(14(2)22-13)18(3,21)12-19-17(20)10-9-15-7-5-4-6-8-15/h4-11,21H,12H2,1-3H3,(H,19,20). The lowest BCUT2D eigenvalue weighted by molar-refractivity contribution is -0.117. The monoisotopic (exact) mass is 299 g/mol. The maximum absolute atomic E-state index is 11.9. The van der Waals surface area contributed by atoms with Crippen molar-refractivity contribution in [1.29, 1.82) is 0 Å². The second-order valence-electron chi connectivity index (χ2n) is 5.56. The van der Waals surface area contributed by atoms with Gasteiger partial charge in [0, 0.05) is 11.6 Å². The molecule has 4 heteroatoms. The van der Waals surface area contributed by atoms with E-state index in [1.165, 1.54) is 6.08 Å². The van der Waals surface area contributed by atoms with Crippen molar-refractivity contribution in [1.82, 2.24) is 5.32 Å². The molecule has 0 saturated heterocycles. The molecule has 0 spiro atoms. The summed E-state index contributed by atoms with van der Waals surface area (Å²) in [4.78, 5) is 11.9. The number of aliphatic hydroxyl groups is 1. The van der Waals surface area contributed by atoms with Crippen molar-refractivity contribution in [2.75, 3.05) is 6.54 Å². The molecule has 0 aliphatic rings. The Morgan fingerprint density at radius 1 is 1.32 bits per heavy atom. The smallest absolute Gasteiger partial charge is 0.244 e. The van der Waals surface area contributed by atoms with Gasteiger partial charge in [0.1, 0.15) is 17.1 Å². The summed E-state index contributed by atoms with van der Waals surface area (Å²) in [7, 11) is 0. The van der Waals surface area contributed by atoms with Gasteiger partial charge in [-0.25, -0.2) is 0 Å². The maximum Gasteiger partial charge on any atom is 0.244 e. The van der Waals surface area contributed by atoms with Gasteiger partial charge >= 0.3 is 0 Å². The Kier molecular flexibility index (Phi) is 4.83. The highest BCUT2D eigenvalue weighted by Gasteiger charge is 2.27. The molecule has 0 bridgehead atoms. The Labute approximate surface area is 130 Å². The van der Waals surface area contributed by atoms with Crippen molar-refractivity contribution >= 4 is 12.0 Å². The van der Waals surface area contributed by atoms with E-state index in [9.17, 15) is 9.90 Å². The fraction of sp³-hybridized carbons (Fsp3) is 0.278. The molecule has 1 unspecified atom stereocenters. The first-order valence-corrected chi connectivity index (χ1v) is 7.19. The fourth-order valence-electron chi connectivity index (χ4n) is 2.31. The molecular weight excluding hydrogens is 278 g/mol. The second kappa shape index (κ2) is 6.62. The zero-order valence-electron chi connectivity index (χ0n) is 13.1. The second-order valence-corrected chi connectivity index (χ2v) is 5.56. The van der Waals surface area contributed by atoms with Crippen molar-refractivity contribution in [3.8, 4) is 0 Å². The molecule has 116 valence electrons. The van der Waals surface area contributed by atoms with Crippen LogP contribution in [-0.4, -0.2) is 17.6 Å². The quantitative estimate of drug-likeness (QED) is 0.834. The van der Waals surface area contributed by atoms with Crippen LogP contribution in [0.2, 0.25) is 0 Å². The van der Waals surface area contributed by atoms with E-state index in [1.54, 1.807) is 26.0 Å². The summed E-state index contributed by atoms with van der Waals surface area (Å²) in [5.41, 5.74) is 0.473. The molecule has 2 aromatic rings. The van der Waals surface area contributed by atoms with Crippen LogP contribution >= 0.6 is 0 Å². The number of aryl methyl sites for hydroxylation is 2. The summed E-state index contributed by atoms with van der Waals surface area (Å²) in [6.07, 6.45) is 3.19. The van der Waals surface area contributed by atoms with Crippen LogP contribution < -0.4 is 5.32 Å². The summed E-state index contributed by atoms with van der Waals surface area (Å²) in [6.45, 7) is 5.40. The normalized spacial score (nSPS) is 14.0. The maximum atomic E-state index is 11.9. The SMILES string of the molecule is Cc1cc(C(C)(O)CNC(=O)C=Cc2ccccc2)c(C)o1. The van der Waals surface area contributed by atoms with Crippen molar-refractivity contribution in [2.24, 2.45) is 0 Å². The summed E-state index contributed by atoms with van der Waals surface area (Å²) in [6, 6.07) is 11.4. The van der Waals surface area contributed by atoms with E-state index >= 15 is 0 Å². The van der Waals surface area contributed by atoms with Crippen LogP contribution in [-0.2, 0) is 10.4 Å². The number of benzene rings is 1. The summed E-state index contributed by atoms with van der Waals surface area (Å²) < 4.78 is 5.43. The molecule has 2 N–H and O–H groups in total. The van der Waals surface area contributed by atoms with Crippen molar-refractivity contribution in [3.63, 3.8) is 0 Å². The predicted molar refractivity (Wildman–Crippen MR) is 86.2 cm³/mol. The van der Waals surface area contributed by atoms with E-state index in [-0.39, 0.29) is 12.5 Å². The molecule has 22 heavy (non-hydrogen) atoms. The van der Waals surface area contributed by atoms with Crippen LogP contribution in [0.3, 0.4) is 0 Å². The number of amides is 1. The average Bonchev–Trinajstić information content (AvgIpc) is 2.84. The molecule has 0 aliphatic heterocycles. The van der Waals surface area contributed by atoms with E-state index < -0.39 is 5.60 Å². The lowest BCUT2D eigenvalue weighted by Crippen LogP contribution is -2.38. The Morgan fingerprint density at radius 3 is 2.59 bits per heavy atom. The highest BCUT2D eigenvalue weighted by Crippen LogP contribution is 2.26. The van der Waals surface area contributed by atoms with Gasteiger partial charge in [-0.15, -0.1) is 0 Å².